The van der Waals surface area contributed by atoms with Crippen molar-refractivity contribution in [1.82, 2.24) is 5.32 Å². The quantitative estimate of drug-likeness (QED) is 0.639. The molecule has 0 unspecified atom stereocenters. The van der Waals surface area contributed by atoms with Gasteiger partial charge < -0.3 is 4.90 Å². The maximum Gasteiger partial charge on any atom is 0.253 e. The number of hydrogen-bond acceptors (Lipinski definition) is 4. The summed E-state index contributed by atoms with van der Waals surface area (Å²) in [5.41, 5.74) is 1.83. The molecule has 6 nitrogen and oxygen atoms in total. The van der Waals surface area contributed by atoms with Crippen LogP contribution in [0.1, 0.15) is 18.1 Å². The molecule has 33 heavy (non-hydrogen) atoms. The lowest BCUT2D eigenvalue weighted by atomic mass is 9.76. The largest absolute Gasteiger partial charge is 0.306 e. The normalized spacial score (nSPS) is 28.0. The Hall–Kier alpha value is -3.77. The molecular formula is C27H23N3O3. The van der Waals surface area contributed by atoms with E-state index in [2.05, 4.69) is 5.32 Å². The van der Waals surface area contributed by atoms with Crippen molar-refractivity contribution in [2.75, 3.05) is 9.80 Å². The van der Waals surface area contributed by atoms with E-state index in [1.807, 2.05) is 67.6 Å². The molecule has 1 N–H and O–H groups in total. The molecule has 4 atom stereocenters. The second-order valence-corrected chi connectivity index (χ2v) is 8.99. The number of nitrogens with one attached hydrogen (secondary N) is 1. The van der Waals surface area contributed by atoms with E-state index in [1.165, 1.54) is 4.90 Å². The van der Waals surface area contributed by atoms with Gasteiger partial charge in [0.05, 0.1) is 24.1 Å². The molecule has 0 aliphatic carbocycles. The van der Waals surface area contributed by atoms with Crippen LogP contribution < -0.4 is 15.1 Å². The van der Waals surface area contributed by atoms with Crippen molar-refractivity contribution in [2.24, 2.45) is 11.8 Å². The molecule has 3 aromatic carbocycles. The van der Waals surface area contributed by atoms with Gasteiger partial charge in [-0.3, -0.25) is 19.7 Å². The molecule has 0 aromatic heterocycles. The molecule has 0 radical (unpaired) electrons. The summed E-state index contributed by atoms with van der Waals surface area (Å²) in [6.07, 6.45) is 0. The van der Waals surface area contributed by atoms with E-state index >= 15 is 0 Å². The Kier molecular flexibility index (Phi) is 4.29. The molecule has 3 amide bonds. The van der Waals surface area contributed by atoms with Crippen LogP contribution in [-0.4, -0.2) is 23.8 Å². The average Bonchev–Trinajstić information content (AvgIpc) is 3.39. The van der Waals surface area contributed by atoms with Gasteiger partial charge in [-0.25, -0.2) is 4.90 Å². The van der Waals surface area contributed by atoms with Crippen molar-refractivity contribution in [3.63, 3.8) is 0 Å². The number of amides is 3. The number of fused-ring (bicyclic) bond motifs is 4. The Morgan fingerprint density at radius 3 is 2.18 bits per heavy atom. The van der Waals surface area contributed by atoms with E-state index in [4.69, 9.17) is 0 Å². The van der Waals surface area contributed by atoms with Crippen LogP contribution in [0.15, 0.2) is 84.9 Å². The third-order valence-electron chi connectivity index (χ3n) is 7.21. The SMILES string of the molecule is C[C@@H]1N[C@]2(C(=O)N(Cc3ccccc3)c3ccccc32)[C@H]2C(=O)N(c3ccccc3)C(=O)[C@H]12. The Labute approximate surface area is 191 Å². The van der Waals surface area contributed by atoms with Crippen LogP contribution in [0.4, 0.5) is 11.4 Å². The van der Waals surface area contributed by atoms with Gasteiger partial charge in [0.25, 0.3) is 5.91 Å². The van der Waals surface area contributed by atoms with Crippen molar-refractivity contribution in [2.45, 2.75) is 25.0 Å². The number of benzene rings is 3. The second-order valence-electron chi connectivity index (χ2n) is 8.99. The van der Waals surface area contributed by atoms with E-state index in [1.54, 1.807) is 29.2 Å². The van der Waals surface area contributed by atoms with Gasteiger partial charge in [0.2, 0.25) is 11.8 Å². The van der Waals surface area contributed by atoms with E-state index < -0.39 is 17.4 Å². The lowest BCUT2D eigenvalue weighted by Crippen LogP contribution is -2.54. The molecule has 6 heteroatoms. The molecule has 3 aliphatic heterocycles. The summed E-state index contributed by atoms with van der Waals surface area (Å²) in [6, 6.07) is 26.0. The summed E-state index contributed by atoms with van der Waals surface area (Å²) < 4.78 is 0. The number of rotatable bonds is 3. The minimum absolute atomic E-state index is 0.178. The standard InChI is InChI=1S/C27H23N3O3/c1-17-22-23(25(32)30(24(22)31)19-12-6-3-7-13-19)27(28-17)20-14-8-9-15-21(20)29(26(27)33)16-18-10-4-2-5-11-18/h2-15,17,22-23,28H,16H2,1H3/t17-,22+,23+,27-/m0/s1. The van der Waals surface area contributed by atoms with Gasteiger partial charge in [-0.1, -0.05) is 66.7 Å². The monoisotopic (exact) mass is 437 g/mol. The zero-order valence-electron chi connectivity index (χ0n) is 18.1. The van der Waals surface area contributed by atoms with Crippen LogP contribution in [0, 0.1) is 11.8 Å². The Balaban J connectivity index is 1.48. The lowest BCUT2D eigenvalue weighted by Gasteiger charge is -2.30. The molecule has 0 bridgehead atoms. The van der Waals surface area contributed by atoms with Crippen molar-refractivity contribution in [1.29, 1.82) is 0 Å². The van der Waals surface area contributed by atoms with Gasteiger partial charge >= 0.3 is 0 Å². The number of nitrogens with zero attached hydrogens (tertiary/aromatic N) is 2. The number of hydrogen-bond donors (Lipinski definition) is 1. The van der Waals surface area contributed by atoms with Crippen LogP contribution in [0.25, 0.3) is 0 Å². The van der Waals surface area contributed by atoms with Crippen molar-refractivity contribution in [3.05, 3.63) is 96.1 Å². The maximum atomic E-state index is 14.2. The fourth-order valence-corrected chi connectivity index (χ4v) is 5.86. The van der Waals surface area contributed by atoms with E-state index in [0.29, 0.717) is 12.2 Å². The van der Waals surface area contributed by atoms with E-state index in [0.717, 1.165) is 16.8 Å². The molecule has 0 saturated carbocycles. The van der Waals surface area contributed by atoms with Crippen molar-refractivity contribution < 1.29 is 14.4 Å². The summed E-state index contributed by atoms with van der Waals surface area (Å²) in [6.45, 7) is 2.29. The van der Waals surface area contributed by atoms with E-state index in [9.17, 15) is 14.4 Å². The van der Waals surface area contributed by atoms with E-state index in [-0.39, 0.29) is 23.8 Å². The minimum Gasteiger partial charge on any atom is -0.306 e. The molecule has 1 spiro atoms. The Morgan fingerprint density at radius 1 is 0.818 bits per heavy atom. The van der Waals surface area contributed by atoms with Crippen LogP contribution in [-0.2, 0) is 26.5 Å². The first-order valence-electron chi connectivity index (χ1n) is 11.2. The highest BCUT2D eigenvalue weighted by Gasteiger charge is 2.71. The average molecular weight is 437 g/mol. The predicted molar refractivity (Wildman–Crippen MR) is 124 cm³/mol. The highest BCUT2D eigenvalue weighted by Crippen LogP contribution is 2.55. The summed E-state index contributed by atoms with van der Waals surface area (Å²) in [7, 11) is 0. The van der Waals surface area contributed by atoms with Crippen LogP contribution in [0.3, 0.4) is 0 Å². The third kappa shape index (κ3) is 2.61. The van der Waals surface area contributed by atoms with Gasteiger partial charge in [0.15, 0.2) is 0 Å². The fraction of sp³-hybridized carbons (Fsp3) is 0.222. The van der Waals surface area contributed by atoms with Crippen molar-refractivity contribution >= 4 is 29.1 Å². The van der Waals surface area contributed by atoms with Crippen LogP contribution >= 0.6 is 0 Å². The highest BCUT2D eigenvalue weighted by molar-refractivity contribution is 6.26. The maximum absolute atomic E-state index is 14.2. The van der Waals surface area contributed by atoms with Gasteiger partial charge in [0, 0.05) is 17.3 Å². The number of carbonyl (C=O) groups excluding carboxylic acids is 3. The second kappa shape index (κ2) is 7.12. The molecule has 2 saturated heterocycles. The smallest absolute Gasteiger partial charge is 0.253 e. The predicted octanol–water partition coefficient (Wildman–Crippen LogP) is 3.23. The molecule has 3 heterocycles. The first-order chi connectivity index (χ1) is 16.0. The van der Waals surface area contributed by atoms with Crippen LogP contribution in [0.5, 0.6) is 0 Å². The number of anilines is 2. The Bertz CT molecular complexity index is 1280. The number of carbonyl (C=O) groups is 3. The third-order valence-corrected chi connectivity index (χ3v) is 7.21. The molecule has 2 fully saturated rings. The molecule has 164 valence electrons. The first-order valence-corrected chi connectivity index (χ1v) is 11.2. The highest BCUT2D eigenvalue weighted by atomic mass is 16.2. The Morgan fingerprint density at radius 2 is 1.45 bits per heavy atom. The minimum atomic E-state index is -1.26. The van der Waals surface area contributed by atoms with Gasteiger partial charge in [-0.15, -0.1) is 0 Å². The molecule has 6 rings (SSSR count). The zero-order valence-corrected chi connectivity index (χ0v) is 18.1. The number of para-hydroxylation sites is 2. The molecular weight excluding hydrogens is 414 g/mol. The topological polar surface area (TPSA) is 69.7 Å². The zero-order chi connectivity index (χ0) is 22.7. The summed E-state index contributed by atoms with van der Waals surface area (Å²) in [5, 5.41) is 3.43. The summed E-state index contributed by atoms with van der Waals surface area (Å²) >= 11 is 0. The number of imide groups is 1. The first kappa shape index (κ1) is 19.9. The van der Waals surface area contributed by atoms with Gasteiger partial charge in [0.1, 0.15) is 5.54 Å². The summed E-state index contributed by atoms with van der Waals surface area (Å²) in [5.74, 6) is -2.15. The van der Waals surface area contributed by atoms with Crippen molar-refractivity contribution in [3.8, 4) is 0 Å². The molecule has 3 aromatic rings. The van der Waals surface area contributed by atoms with Gasteiger partial charge in [-0.2, -0.15) is 0 Å². The van der Waals surface area contributed by atoms with Gasteiger partial charge in [-0.05, 0) is 30.7 Å². The summed E-state index contributed by atoms with van der Waals surface area (Å²) in [4.78, 5) is 44.5. The lowest BCUT2D eigenvalue weighted by molar-refractivity contribution is -0.132. The fourth-order valence-electron chi connectivity index (χ4n) is 5.86. The van der Waals surface area contributed by atoms with Crippen LogP contribution in [0.2, 0.25) is 0 Å². The molecule has 3 aliphatic rings.